The molecule has 0 fully saturated rings. The van der Waals surface area contributed by atoms with Crippen LogP contribution in [0.4, 0.5) is 11.7 Å². The van der Waals surface area contributed by atoms with E-state index in [-0.39, 0.29) is 11.7 Å². The second-order valence-corrected chi connectivity index (χ2v) is 3.33. The van der Waals surface area contributed by atoms with Crippen molar-refractivity contribution in [3.8, 4) is 0 Å². The fraction of sp³-hybridized carbons (Fsp3) is 0.0909. The summed E-state index contributed by atoms with van der Waals surface area (Å²) in [6, 6.07) is 7.76. The average molecular weight is 218 g/mol. The summed E-state index contributed by atoms with van der Waals surface area (Å²) in [6.45, 7) is 1.98. The molecule has 2 aromatic rings. The summed E-state index contributed by atoms with van der Waals surface area (Å²) in [6.07, 6.45) is 1.10. The first-order chi connectivity index (χ1) is 7.65. The van der Waals surface area contributed by atoms with Gasteiger partial charge in [-0.2, -0.15) is 4.98 Å². The molecule has 1 aromatic carbocycles. The van der Waals surface area contributed by atoms with Crippen molar-refractivity contribution in [2.75, 3.05) is 5.32 Å². The van der Waals surface area contributed by atoms with Crippen LogP contribution in [0.3, 0.4) is 0 Å². The summed E-state index contributed by atoms with van der Waals surface area (Å²) in [5.41, 5.74) is 1.82. The molecule has 82 valence electrons. The number of carboxylic acids is 1. The highest BCUT2D eigenvalue weighted by molar-refractivity contribution is 5.85. The zero-order chi connectivity index (χ0) is 11.5. The van der Waals surface area contributed by atoms with E-state index in [1.54, 1.807) is 0 Å². The highest BCUT2D eigenvalue weighted by atomic mass is 16.4. The second kappa shape index (κ2) is 4.06. The fourth-order valence-electron chi connectivity index (χ4n) is 1.19. The van der Waals surface area contributed by atoms with Crippen LogP contribution in [0, 0.1) is 6.92 Å². The number of carboxylic acid groups (broad SMARTS) is 1. The smallest absolute Gasteiger partial charge is 0.357 e. The molecule has 0 atom stereocenters. The number of carbonyl (C=O) groups is 1. The normalized spacial score (nSPS) is 10.1. The van der Waals surface area contributed by atoms with Crippen molar-refractivity contribution in [2.45, 2.75) is 6.92 Å². The van der Waals surface area contributed by atoms with Gasteiger partial charge in [0.25, 0.3) is 6.01 Å². The number of aromatic carboxylic acids is 1. The van der Waals surface area contributed by atoms with Gasteiger partial charge < -0.3 is 14.8 Å². The third-order valence-electron chi connectivity index (χ3n) is 2.03. The van der Waals surface area contributed by atoms with Gasteiger partial charge >= 0.3 is 5.97 Å². The van der Waals surface area contributed by atoms with Crippen LogP contribution in [0.1, 0.15) is 16.1 Å². The third kappa shape index (κ3) is 2.20. The Labute approximate surface area is 91.7 Å². The number of nitrogens with zero attached hydrogens (tertiary/aromatic N) is 1. The monoisotopic (exact) mass is 218 g/mol. The van der Waals surface area contributed by atoms with E-state index in [1.165, 1.54) is 0 Å². The minimum absolute atomic E-state index is 0.116. The highest BCUT2D eigenvalue weighted by Crippen LogP contribution is 2.16. The number of rotatable bonds is 3. The molecular weight excluding hydrogens is 208 g/mol. The van der Waals surface area contributed by atoms with Crippen molar-refractivity contribution < 1.29 is 14.3 Å². The number of anilines is 2. The van der Waals surface area contributed by atoms with E-state index in [4.69, 9.17) is 9.52 Å². The molecule has 2 rings (SSSR count). The molecule has 5 nitrogen and oxygen atoms in total. The van der Waals surface area contributed by atoms with E-state index in [0.29, 0.717) is 0 Å². The van der Waals surface area contributed by atoms with Crippen LogP contribution in [0.5, 0.6) is 0 Å². The van der Waals surface area contributed by atoms with Crippen molar-refractivity contribution >= 4 is 17.7 Å². The van der Waals surface area contributed by atoms with Gasteiger partial charge in [-0.15, -0.1) is 0 Å². The van der Waals surface area contributed by atoms with Crippen LogP contribution in [-0.4, -0.2) is 16.1 Å². The SMILES string of the molecule is Cc1ccc(Nc2nc(C(=O)O)co2)cc1. The molecule has 0 aliphatic carbocycles. The number of oxazole rings is 1. The van der Waals surface area contributed by atoms with E-state index in [1.807, 2.05) is 31.2 Å². The standard InChI is InChI=1S/C11H10N2O3/c1-7-2-4-8(5-3-7)12-11-13-9(6-16-11)10(14)15/h2-6H,1H3,(H,12,13)(H,14,15). The Bertz CT molecular complexity index is 502. The quantitative estimate of drug-likeness (QED) is 0.827. The maximum Gasteiger partial charge on any atom is 0.357 e. The largest absolute Gasteiger partial charge is 0.476 e. The number of aromatic nitrogens is 1. The Morgan fingerprint density at radius 3 is 2.62 bits per heavy atom. The lowest BCUT2D eigenvalue weighted by atomic mass is 10.2. The molecule has 0 spiro atoms. The van der Waals surface area contributed by atoms with E-state index in [2.05, 4.69) is 10.3 Å². The maximum absolute atomic E-state index is 10.6. The first-order valence-corrected chi connectivity index (χ1v) is 4.67. The van der Waals surface area contributed by atoms with Gasteiger partial charge in [0.05, 0.1) is 0 Å². The maximum atomic E-state index is 10.6. The number of hydrogen-bond donors (Lipinski definition) is 2. The Kier molecular flexibility index (Phi) is 2.59. The molecular formula is C11H10N2O3. The Morgan fingerprint density at radius 2 is 2.06 bits per heavy atom. The summed E-state index contributed by atoms with van der Waals surface area (Å²) in [7, 11) is 0. The average Bonchev–Trinajstić information content (AvgIpc) is 2.70. The predicted octanol–water partition coefficient (Wildman–Crippen LogP) is 2.42. The molecule has 1 heterocycles. The number of nitrogens with one attached hydrogen (secondary N) is 1. The number of aryl methyl sites for hydroxylation is 1. The molecule has 0 bridgehead atoms. The van der Waals surface area contributed by atoms with E-state index >= 15 is 0 Å². The van der Waals surface area contributed by atoms with Gasteiger partial charge in [-0.05, 0) is 19.1 Å². The second-order valence-electron chi connectivity index (χ2n) is 3.33. The van der Waals surface area contributed by atoms with Gasteiger partial charge in [-0.25, -0.2) is 4.79 Å². The lowest BCUT2D eigenvalue weighted by molar-refractivity contribution is 0.0690. The molecule has 0 aliphatic rings. The molecule has 0 radical (unpaired) electrons. The number of benzene rings is 1. The minimum Gasteiger partial charge on any atom is -0.476 e. The van der Waals surface area contributed by atoms with Crippen LogP contribution in [-0.2, 0) is 0 Å². The Hall–Kier alpha value is -2.30. The van der Waals surface area contributed by atoms with Crippen molar-refractivity contribution in [1.29, 1.82) is 0 Å². The highest BCUT2D eigenvalue weighted by Gasteiger charge is 2.09. The fourth-order valence-corrected chi connectivity index (χ4v) is 1.19. The van der Waals surface area contributed by atoms with Gasteiger partial charge in [0, 0.05) is 5.69 Å². The number of hydrogen-bond acceptors (Lipinski definition) is 4. The Morgan fingerprint density at radius 1 is 1.38 bits per heavy atom. The van der Waals surface area contributed by atoms with Crippen LogP contribution in [0.2, 0.25) is 0 Å². The van der Waals surface area contributed by atoms with E-state index in [9.17, 15) is 4.79 Å². The summed E-state index contributed by atoms with van der Waals surface area (Å²) in [5.74, 6) is -1.11. The first-order valence-electron chi connectivity index (χ1n) is 4.67. The molecule has 0 aliphatic heterocycles. The molecule has 0 amide bonds. The van der Waals surface area contributed by atoms with Crippen LogP contribution in [0.15, 0.2) is 34.9 Å². The lowest BCUT2D eigenvalue weighted by Crippen LogP contribution is -1.97. The topological polar surface area (TPSA) is 75.4 Å². The predicted molar refractivity (Wildman–Crippen MR) is 57.9 cm³/mol. The molecule has 1 aromatic heterocycles. The van der Waals surface area contributed by atoms with Crippen molar-refractivity contribution in [3.05, 3.63) is 41.8 Å². The van der Waals surface area contributed by atoms with Gasteiger partial charge in [-0.3, -0.25) is 0 Å². The van der Waals surface area contributed by atoms with Crippen LogP contribution in [0.25, 0.3) is 0 Å². The summed E-state index contributed by atoms with van der Waals surface area (Å²) in [4.78, 5) is 14.3. The van der Waals surface area contributed by atoms with Crippen LogP contribution >= 0.6 is 0 Å². The third-order valence-corrected chi connectivity index (χ3v) is 2.03. The zero-order valence-corrected chi connectivity index (χ0v) is 8.60. The molecule has 0 unspecified atom stereocenters. The lowest BCUT2D eigenvalue weighted by Gasteiger charge is -2.00. The van der Waals surface area contributed by atoms with Crippen molar-refractivity contribution in [2.24, 2.45) is 0 Å². The molecule has 2 N–H and O–H groups in total. The summed E-state index contributed by atoms with van der Waals surface area (Å²) in [5, 5.41) is 11.5. The van der Waals surface area contributed by atoms with Gasteiger partial charge in [0.15, 0.2) is 5.69 Å². The van der Waals surface area contributed by atoms with Gasteiger partial charge in [0.1, 0.15) is 6.26 Å². The minimum atomic E-state index is -1.11. The van der Waals surface area contributed by atoms with Gasteiger partial charge in [-0.1, -0.05) is 17.7 Å². The van der Waals surface area contributed by atoms with Crippen molar-refractivity contribution in [3.63, 3.8) is 0 Å². The Balaban J connectivity index is 2.14. The summed E-state index contributed by atoms with van der Waals surface area (Å²) >= 11 is 0. The summed E-state index contributed by atoms with van der Waals surface area (Å²) < 4.78 is 4.96. The van der Waals surface area contributed by atoms with Crippen LogP contribution < -0.4 is 5.32 Å². The van der Waals surface area contributed by atoms with E-state index < -0.39 is 5.97 Å². The molecule has 5 heteroatoms. The first kappa shape index (κ1) is 10.2. The molecule has 16 heavy (non-hydrogen) atoms. The van der Waals surface area contributed by atoms with Crippen molar-refractivity contribution in [1.82, 2.24) is 4.98 Å². The van der Waals surface area contributed by atoms with Gasteiger partial charge in [0.2, 0.25) is 0 Å². The molecule has 0 saturated heterocycles. The molecule has 0 saturated carbocycles. The van der Waals surface area contributed by atoms with E-state index in [0.717, 1.165) is 17.5 Å². The zero-order valence-electron chi connectivity index (χ0n) is 8.60.